The van der Waals surface area contributed by atoms with E-state index < -0.39 is 5.41 Å². The Kier molecular flexibility index (Phi) is 20.2. The molecule has 0 heterocycles. The van der Waals surface area contributed by atoms with Crippen LogP contribution in [-0.2, 0) is 28.6 Å². The molecule has 264 valence electrons. The van der Waals surface area contributed by atoms with E-state index in [2.05, 4.69) is 45.1 Å². The molecule has 7 nitrogen and oxygen atoms in total. The summed E-state index contributed by atoms with van der Waals surface area (Å²) in [4.78, 5) is 40.2. The summed E-state index contributed by atoms with van der Waals surface area (Å²) in [5, 5.41) is 0. The highest BCUT2D eigenvalue weighted by Crippen LogP contribution is 2.55. The van der Waals surface area contributed by atoms with Gasteiger partial charge in [0.25, 0.3) is 0 Å². The van der Waals surface area contributed by atoms with Crippen molar-refractivity contribution in [3.63, 3.8) is 0 Å². The van der Waals surface area contributed by atoms with E-state index >= 15 is 0 Å². The molecule has 0 aromatic rings. The fourth-order valence-corrected chi connectivity index (χ4v) is 7.14. The van der Waals surface area contributed by atoms with Crippen molar-refractivity contribution in [3.8, 4) is 0 Å². The van der Waals surface area contributed by atoms with Crippen molar-refractivity contribution in [1.29, 1.82) is 0 Å². The van der Waals surface area contributed by atoms with Gasteiger partial charge in [0, 0.05) is 12.8 Å². The van der Waals surface area contributed by atoms with E-state index in [-0.39, 0.29) is 43.6 Å². The van der Waals surface area contributed by atoms with Crippen LogP contribution in [0.4, 0.5) is 0 Å². The molecule has 0 aromatic heterocycles. The molecule has 0 N–H and O–H groups in total. The summed E-state index contributed by atoms with van der Waals surface area (Å²) in [7, 11) is 3.94. The molecule has 5 unspecified atom stereocenters. The Morgan fingerprint density at radius 2 is 1.35 bits per heavy atom. The zero-order valence-corrected chi connectivity index (χ0v) is 30.1. The van der Waals surface area contributed by atoms with Gasteiger partial charge in [-0.2, -0.15) is 0 Å². The molecule has 2 saturated carbocycles. The van der Waals surface area contributed by atoms with E-state index in [9.17, 15) is 14.4 Å². The summed E-state index contributed by atoms with van der Waals surface area (Å²) in [6.07, 6.45) is 27.2. The van der Waals surface area contributed by atoms with Crippen LogP contribution in [0.25, 0.3) is 0 Å². The molecule has 0 saturated heterocycles. The van der Waals surface area contributed by atoms with Gasteiger partial charge in [0.1, 0.15) is 19.8 Å². The second kappa shape index (κ2) is 23.2. The van der Waals surface area contributed by atoms with E-state index in [0.29, 0.717) is 37.0 Å². The highest BCUT2D eigenvalue weighted by Gasteiger charge is 2.52. The number of allylic oxidation sites excluding steroid dienone is 4. The van der Waals surface area contributed by atoms with Gasteiger partial charge in [0.2, 0.25) is 0 Å². The third-order valence-corrected chi connectivity index (χ3v) is 9.85. The van der Waals surface area contributed by atoms with Crippen molar-refractivity contribution >= 4 is 17.9 Å². The van der Waals surface area contributed by atoms with Crippen LogP contribution >= 0.6 is 0 Å². The number of ether oxygens (including phenoxy) is 3. The lowest BCUT2D eigenvalue weighted by Gasteiger charge is -2.31. The molecular weight excluding hydrogens is 578 g/mol. The second-order valence-corrected chi connectivity index (χ2v) is 14.7. The minimum atomic E-state index is -0.458. The van der Waals surface area contributed by atoms with Crippen LogP contribution in [0.2, 0.25) is 0 Å². The second-order valence-electron chi connectivity index (χ2n) is 14.7. The molecule has 0 radical (unpaired) electrons. The lowest BCUT2D eigenvalue weighted by Crippen LogP contribution is -2.36. The maximum Gasteiger partial charge on any atom is 0.312 e. The number of nitrogens with zero attached hydrogens (tertiary/aromatic N) is 1. The topological polar surface area (TPSA) is 82.1 Å². The molecule has 2 bridgehead atoms. The first-order valence-electron chi connectivity index (χ1n) is 18.6. The first kappa shape index (κ1) is 40.0. The highest BCUT2D eigenvalue weighted by molar-refractivity contribution is 5.77. The SMILES string of the molecule is CCCCC/C=C\C/C=C\CCCCCCCC(=O)OCC(COC(=O)CCCN(C)C)COC(=O)C1(C)CC2CC(C)CC1C2. The lowest BCUT2D eigenvalue weighted by molar-refractivity contribution is -0.162. The quantitative estimate of drug-likeness (QED) is 0.0425. The molecule has 5 atom stereocenters. The third-order valence-electron chi connectivity index (χ3n) is 9.85. The van der Waals surface area contributed by atoms with Gasteiger partial charge in [-0.15, -0.1) is 0 Å². The Balaban J connectivity index is 1.67. The van der Waals surface area contributed by atoms with E-state index in [4.69, 9.17) is 14.2 Å². The summed E-state index contributed by atoms with van der Waals surface area (Å²) in [6, 6.07) is 0. The van der Waals surface area contributed by atoms with Gasteiger partial charge < -0.3 is 19.1 Å². The van der Waals surface area contributed by atoms with Gasteiger partial charge in [-0.25, -0.2) is 0 Å². The number of carbonyl (C=O) groups excluding carboxylic acids is 3. The predicted molar refractivity (Wildman–Crippen MR) is 186 cm³/mol. The first-order chi connectivity index (χ1) is 22.1. The van der Waals surface area contributed by atoms with E-state index in [1.165, 1.54) is 44.9 Å². The van der Waals surface area contributed by atoms with Gasteiger partial charge >= 0.3 is 17.9 Å². The van der Waals surface area contributed by atoms with Gasteiger partial charge in [-0.3, -0.25) is 14.4 Å². The van der Waals surface area contributed by atoms with Crippen LogP contribution in [0.1, 0.15) is 136 Å². The average Bonchev–Trinajstić information content (AvgIpc) is 3.26. The van der Waals surface area contributed by atoms with E-state index in [1.54, 1.807) is 0 Å². The Labute approximate surface area is 281 Å². The van der Waals surface area contributed by atoms with Gasteiger partial charge in [0.15, 0.2) is 0 Å². The van der Waals surface area contributed by atoms with E-state index in [1.807, 2.05) is 19.0 Å². The number of rotatable bonds is 25. The average molecular weight is 646 g/mol. The van der Waals surface area contributed by atoms with Gasteiger partial charge in [0.05, 0.1) is 11.3 Å². The first-order valence-corrected chi connectivity index (χ1v) is 18.6. The Hall–Kier alpha value is -2.15. The molecule has 2 fully saturated rings. The number of hydrogen-bond donors (Lipinski definition) is 0. The fraction of sp³-hybridized carbons (Fsp3) is 0.821. The molecule has 0 spiro atoms. The number of fused-ring (bicyclic) bond motifs is 2. The highest BCUT2D eigenvalue weighted by atomic mass is 16.6. The van der Waals surface area contributed by atoms with Crippen LogP contribution in [0, 0.1) is 29.1 Å². The molecular formula is C39H67NO6. The summed E-state index contributed by atoms with van der Waals surface area (Å²) >= 11 is 0. The Bertz CT molecular complexity index is 929. The largest absolute Gasteiger partial charge is 0.465 e. The summed E-state index contributed by atoms with van der Waals surface area (Å²) < 4.78 is 17.0. The van der Waals surface area contributed by atoms with Crippen molar-refractivity contribution in [3.05, 3.63) is 24.3 Å². The normalized spacial score (nSPS) is 23.3. The summed E-state index contributed by atoms with van der Waals surface area (Å²) in [5.41, 5.74) is -0.458. The van der Waals surface area contributed by atoms with Crippen molar-refractivity contribution < 1.29 is 28.6 Å². The molecule has 2 aliphatic carbocycles. The summed E-state index contributed by atoms with van der Waals surface area (Å²) in [5.74, 6) is 0.553. The third kappa shape index (κ3) is 16.6. The maximum atomic E-state index is 13.3. The molecule has 2 aliphatic rings. The number of unbranched alkanes of at least 4 members (excludes halogenated alkanes) is 8. The minimum Gasteiger partial charge on any atom is -0.465 e. The van der Waals surface area contributed by atoms with Crippen molar-refractivity contribution in [2.45, 2.75) is 136 Å². The van der Waals surface area contributed by atoms with Crippen molar-refractivity contribution in [2.75, 3.05) is 40.5 Å². The Morgan fingerprint density at radius 3 is 2.00 bits per heavy atom. The zero-order chi connectivity index (χ0) is 33.6. The maximum absolute atomic E-state index is 13.3. The molecule has 2 rings (SSSR count). The molecule has 0 amide bonds. The Morgan fingerprint density at radius 1 is 0.761 bits per heavy atom. The molecule has 0 aromatic carbocycles. The van der Waals surface area contributed by atoms with Crippen LogP contribution in [0.3, 0.4) is 0 Å². The number of hydrogen-bond acceptors (Lipinski definition) is 7. The van der Waals surface area contributed by atoms with Crippen LogP contribution in [0.15, 0.2) is 24.3 Å². The molecule has 7 heteroatoms. The lowest BCUT2D eigenvalue weighted by atomic mass is 9.75. The number of esters is 3. The van der Waals surface area contributed by atoms with Gasteiger partial charge in [-0.1, -0.05) is 70.3 Å². The van der Waals surface area contributed by atoms with Gasteiger partial charge in [-0.05, 0) is 116 Å². The predicted octanol–water partition coefficient (Wildman–Crippen LogP) is 8.85. The zero-order valence-electron chi connectivity index (χ0n) is 30.1. The fourth-order valence-electron chi connectivity index (χ4n) is 7.14. The molecule has 0 aliphatic heterocycles. The van der Waals surface area contributed by atoms with Crippen molar-refractivity contribution in [2.24, 2.45) is 29.1 Å². The molecule has 46 heavy (non-hydrogen) atoms. The smallest absolute Gasteiger partial charge is 0.312 e. The van der Waals surface area contributed by atoms with Crippen molar-refractivity contribution in [1.82, 2.24) is 4.90 Å². The van der Waals surface area contributed by atoms with Crippen LogP contribution in [0.5, 0.6) is 0 Å². The summed E-state index contributed by atoms with van der Waals surface area (Å²) in [6.45, 7) is 7.62. The van der Waals surface area contributed by atoms with Crippen LogP contribution in [-0.4, -0.2) is 63.3 Å². The van der Waals surface area contributed by atoms with E-state index in [0.717, 1.165) is 57.9 Å². The van der Waals surface area contributed by atoms with Crippen LogP contribution < -0.4 is 0 Å². The minimum absolute atomic E-state index is 0.0743. The number of carbonyl (C=O) groups is 3. The monoisotopic (exact) mass is 645 g/mol. The standard InChI is InChI=1S/C39H67NO6/c1-6-7-8-9-10-11-12-13-14-15-16-17-18-19-20-22-36(41)44-29-34(30-45-37(42)23-21-24-40(4)5)31-46-38(43)39(3)28-33-25-32(2)26-35(39)27-33/h10-11,13-14,32-35H,6-9,12,15-31H2,1-5H3/b11-10-,14-13-.